The molecule has 1 N–H and O–H groups in total. The second-order valence-electron chi connectivity index (χ2n) is 9.74. The molecule has 4 aliphatic carbocycles. The third kappa shape index (κ3) is 1.61. The van der Waals surface area contributed by atoms with Crippen molar-refractivity contribution in [3.05, 3.63) is 11.6 Å². The highest BCUT2D eigenvalue weighted by Crippen LogP contribution is 2.70. The minimum absolute atomic E-state index is 0.0956. The molecule has 6 atom stereocenters. The Labute approximate surface area is 165 Å². The number of nitrogens with one attached hydrogen (secondary N) is 1. The number of hydrogen-bond acceptors (Lipinski definition) is 6. The molecule has 4 fully saturated rings. The van der Waals surface area contributed by atoms with Gasteiger partial charge in [-0.05, 0) is 48.5 Å². The Morgan fingerprint density at radius 2 is 1.89 bits per heavy atom. The van der Waals surface area contributed by atoms with Crippen LogP contribution >= 0.6 is 0 Å². The van der Waals surface area contributed by atoms with Crippen molar-refractivity contribution in [1.82, 2.24) is 0 Å². The van der Waals surface area contributed by atoms with Crippen molar-refractivity contribution in [3.63, 3.8) is 0 Å². The van der Waals surface area contributed by atoms with Gasteiger partial charge in [-0.1, -0.05) is 26.3 Å². The van der Waals surface area contributed by atoms with Gasteiger partial charge in [0.05, 0.1) is 24.1 Å². The number of rotatable bonds is 1. The average Bonchev–Trinajstić information content (AvgIpc) is 2.92. The molecule has 0 aromatic carbocycles. The Morgan fingerprint density at radius 1 is 1.14 bits per heavy atom. The van der Waals surface area contributed by atoms with Crippen molar-refractivity contribution < 1.29 is 9.47 Å². The molecule has 6 heteroatoms. The summed E-state index contributed by atoms with van der Waals surface area (Å²) in [6.45, 7) is 4.47. The van der Waals surface area contributed by atoms with Crippen molar-refractivity contribution in [1.29, 1.82) is 21.2 Å². The second-order valence-corrected chi connectivity index (χ2v) is 9.74. The number of hydrogen-bond donors (Lipinski definition) is 1. The normalized spacial score (nSPS) is 46.5. The van der Waals surface area contributed by atoms with E-state index in [9.17, 15) is 15.8 Å². The zero-order valence-corrected chi connectivity index (χ0v) is 16.3. The van der Waals surface area contributed by atoms with E-state index in [1.165, 1.54) is 0 Å². The first-order chi connectivity index (χ1) is 13.3. The summed E-state index contributed by atoms with van der Waals surface area (Å²) in [6.07, 6.45) is 6.23. The maximum atomic E-state index is 10.3. The lowest BCUT2D eigenvalue weighted by Crippen LogP contribution is -2.65. The van der Waals surface area contributed by atoms with E-state index in [-0.39, 0.29) is 17.2 Å². The van der Waals surface area contributed by atoms with Crippen LogP contribution in [0.5, 0.6) is 0 Å². The Morgan fingerprint density at radius 3 is 2.50 bits per heavy atom. The molecular formula is C22H24N4O2. The number of nitriles is 3. The summed E-state index contributed by atoms with van der Waals surface area (Å²) in [5.74, 6) is -0.917. The SMILES string of the molecule is CC1(C)C2CC=C(C3OC45CCCCC4C(C#N)(C(=N)O5)C3(C#N)C#N)C1C2. The molecular weight excluding hydrogens is 352 g/mol. The lowest BCUT2D eigenvalue weighted by atomic mass is 9.44. The van der Waals surface area contributed by atoms with E-state index in [1.807, 2.05) is 0 Å². The van der Waals surface area contributed by atoms with E-state index in [4.69, 9.17) is 14.9 Å². The average molecular weight is 376 g/mol. The van der Waals surface area contributed by atoms with Crippen LogP contribution in [-0.2, 0) is 9.47 Å². The molecule has 2 heterocycles. The van der Waals surface area contributed by atoms with Gasteiger partial charge in [0.2, 0.25) is 17.1 Å². The quantitative estimate of drug-likeness (QED) is 0.699. The van der Waals surface area contributed by atoms with E-state index >= 15 is 0 Å². The first-order valence-electron chi connectivity index (χ1n) is 10.2. The summed E-state index contributed by atoms with van der Waals surface area (Å²) in [5.41, 5.74) is -2.29. The molecule has 0 spiro atoms. The summed E-state index contributed by atoms with van der Waals surface area (Å²) >= 11 is 0. The van der Waals surface area contributed by atoms with Crippen molar-refractivity contribution in [2.24, 2.45) is 34.0 Å². The third-order valence-electron chi connectivity index (χ3n) is 8.63. The van der Waals surface area contributed by atoms with Crippen LogP contribution in [0, 0.1) is 73.4 Å². The van der Waals surface area contributed by atoms with Gasteiger partial charge in [-0.25, -0.2) is 0 Å². The fourth-order valence-electron chi connectivity index (χ4n) is 6.85. The summed E-state index contributed by atoms with van der Waals surface area (Å²) in [7, 11) is 0. The Bertz CT molecular complexity index is 918. The molecule has 0 amide bonds. The van der Waals surface area contributed by atoms with Crippen LogP contribution < -0.4 is 0 Å². The van der Waals surface area contributed by atoms with Gasteiger partial charge in [-0.15, -0.1) is 0 Å². The van der Waals surface area contributed by atoms with Crippen LogP contribution in [0.2, 0.25) is 0 Å². The van der Waals surface area contributed by atoms with Crippen molar-refractivity contribution >= 4 is 5.90 Å². The van der Waals surface area contributed by atoms with Gasteiger partial charge in [0, 0.05) is 6.42 Å². The molecule has 0 aromatic heterocycles. The molecule has 6 rings (SSSR count). The predicted octanol–water partition coefficient (Wildman–Crippen LogP) is 3.82. The fraction of sp³-hybridized carbons (Fsp3) is 0.727. The summed E-state index contributed by atoms with van der Waals surface area (Å²) in [4.78, 5) is 0. The Balaban J connectivity index is 1.73. The van der Waals surface area contributed by atoms with E-state index < -0.39 is 28.6 Å². The second kappa shape index (κ2) is 5.16. The summed E-state index contributed by atoms with van der Waals surface area (Å²) in [6, 6.07) is 6.64. The first-order valence-corrected chi connectivity index (χ1v) is 10.2. The van der Waals surface area contributed by atoms with Crippen LogP contribution in [-0.4, -0.2) is 17.8 Å². The summed E-state index contributed by atoms with van der Waals surface area (Å²) < 4.78 is 12.5. The van der Waals surface area contributed by atoms with Crippen LogP contribution in [0.4, 0.5) is 0 Å². The van der Waals surface area contributed by atoms with Gasteiger partial charge in [0.1, 0.15) is 6.10 Å². The van der Waals surface area contributed by atoms with Crippen LogP contribution in [0.1, 0.15) is 52.4 Å². The van der Waals surface area contributed by atoms with Gasteiger partial charge in [0.15, 0.2) is 5.41 Å². The zero-order valence-electron chi connectivity index (χ0n) is 16.3. The van der Waals surface area contributed by atoms with Crippen LogP contribution in [0.3, 0.4) is 0 Å². The number of allylic oxidation sites excluding steroid dienone is 1. The number of nitrogens with zero attached hydrogens (tertiary/aromatic N) is 3. The monoisotopic (exact) mass is 376 g/mol. The highest BCUT2D eigenvalue weighted by atomic mass is 16.7. The van der Waals surface area contributed by atoms with E-state index in [1.54, 1.807) is 0 Å². The van der Waals surface area contributed by atoms with E-state index in [2.05, 4.69) is 38.1 Å². The molecule has 2 aliphatic heterocycles. The van der Waals surface area contributed by atoms with Gasteiger partial charge < -0.3 is 9.47 Å². The maximum absolute atomic E-state index is 10.3. The van der Waals surface area contributed by atoms with E-state index in [0.717, 1.165) is 31.3 Å². The largest absolute Gasteiger partial charge is 0.447 e. The molecule has 0 aromatic rings. The van der Waals surface area contributed by atoms with Gasteiger partial charge in [0.25, 0.3) is 0 Å². The summed E-state index contributed by atoms with van der Waals surface area (Å²) in [5, 5.41) is 39.5. The van der Waals surface area contributed by atoms with Gasteiger partial charge in [-0.3, -0.25) is 5.41 Å². The smallest absolute Gasteiger partial charge is 0.217 e. The Kier molecular flexibility index (Phi) is 3.27. The molecule has 6 unspecified atom stereocenters. The van der Waals surface area contributed by atoms with E-state index in [0.29, 0.717) is 18.8 Å². The van der Waals surface area contributed by atoms with Crippen LogP contribution in [0.25, 0.3) is 0 Å². The lowest BCUT2D eigenvalue weighted by Gasteiger charge is -2.60. The highest BCUT2D eigenvalue weighted by Gasteiger charge is 2.81. The van der Waals surface area contributed by atoms with Gasteiger partial charge in [-0.2, -0.15) is 15.8 Å². The predicted molar refractivity (Wildman–Crippen MR) is 98.2 cm³/mol. The van der Waals surface area contributed by atoms with Crippen molar-refractivity contribution in [3.8, 4) is 18.2 Å². The topological polar surface area (TPSA) is 114 Å². The maximum Gasteiger partial charge on any atom is 0.217 e. The van der Waals surface area contributed by atoms with Crippen molar-refractivity contribution in [2.75, 3.05) is 0 Å². The first kappa shape index (κ1) is 17.7. The third-order valence-corrected chi connectivity index (χ3v) is 8.63. The molecule has 28 heavy (non-hydrogen) atoms. The minimum atomic E-state index is -1.77. The molecule has 144 valence electrons. The molecule has 4 bridgehead atoms. The van der Waals surface area contributed by atoms with Crippen LogP contribution in [0.15, 0.2) is 11.6 Å². The molecule has 6 aliphatic rings. The fourth-order valence-corrected chi connectivity index (χ4v) is 6.85. The highest BCUT2D eigenvalue weighted by molar-refractivity contribution is 5.89. The van der Waals surface area contributed by atoms with Gasteiger partial charge >= 0.3 is 0 Å². The molecule has 2 saturated heterocycles. The standard InChI is InChI=1S/C22H24N4O2/c1-19(2)13-6-7-14(15(19)9-13)17-20(10-23,11-24)21(12-25)16-5-3-4-8-22(16,27-17)28-18(21)26/h7,13,15-17,26H,3-6,8-9H2,1-2H3. The molecule has 0 radical (unpaired) electrons. The number of ether oxygens (including phenoxy) is 2. The molecule has 2 saturated carbocycles. The molecule has 6 nitrogen and oxygen atoms in total. The van der Waals surface area contributed by atoms with Crippen molar-refractivity contribution in [2.45, 2.75) is 64.3 Å². The minimum Gasteiger partial charge on any atom is -0.447 e. The lowest BCUT2D eigenvalue weighted by molar-refractivity contribution is -0.286. The zero-order chi connectivity index (χ0) is 19.9. The Hall–Kier alpha value is -2.36. The number of fused-ring (bicyclic) bond motifs is 1.